The highest BCUT2D eigenvalue weighted by Crippen LogP contribution is 2.12. The van der Waals surface area contributed by atoms with Gasteiger partial charge in [-0.05, 0) is 19.4 Å². The van der Waals surface area contributed by atoms with E-state index >= 15 is 0 Å². The maximum absolute atomic E-state index is 13.1. The Labute approximate surface area is 81.7 Å². The molecule has 0 saturated heterocycles. The molecule has 2 nitrogen and oxygen atoms in total. The number of rotatable bonds is 3. The van der Waals surface area contributed by atoms with E-state index in [4.69, 9.17) is 0 Å². The molecular weight excluding hydrogens is 183 g/mol. The van der Waals surface area contributed by atoms with Crippen molar-refractivity contribution in [2.45, 2.75) is 20.0 Å². The molecule has 0 aliphatic rings. The van der Waals surface area contributed by atoms with Crippen LogP contribution in [0.5, 0.6) is 0 Å². The first-order chi connectivity index (χ1) is 6.54. The zero-order chi connectivity index (χ0) is 10.7. The summed E-state index contributed by atoms with van der Waals surface area (Å²) in [6.45, 7) is 2.78. The zero-order valence-corrected chi connectivity index (χ0v) is 8.08. The smallest absolute Gasteiger partial charge is 0.220 e. The predicted octanol–water partition coefficient (Wildman–Crippen LogP) is 2.10. The highest BCUT2D eigenvalue weighted by molar-refractivity contribution is 6.13. The van der Waals surface area contributed by atoms with Crippen LogP contribution in [0.1, 0.15) is 22.8 Å². The summed E-state index contributed by atoms with van der Waals surface area (Å²) in [4.78, 5) is 22.1. The van der Waals surface area contributed by atoms with Crippen molar-refractivity contribution >= 4 is 11.6 Å². The molecule has 3 heteroatoms. The molecule has 1 unspecified atom stereocenters. The van der Waals surface area contributed by atoms with Crippen molar-refractivity contribution in [1.29, 1.82) is 0 Å². The van der Waals surface area contributed by atoms with Gasteiger partial charge in [0, 0.05) is 5.56 Å². The van der Waals surface area contributed by atoms with Gasteiger partial charge in [0.2, 0.25) is 12.0 Å². The topological polar surface area (TPSA) is 34.1 Å². The van der Waals surface area contributed by atoms with E-state index in [0.29, 0.717) is 5.56 Å². The first-order valence-corrected chi connectivity index (χ1v) is 4.28. The number of carbonyl (C=O) groups is 2. The van der Waals surface area contributed by atoms with Gasteiger partial charge < -0.3 is 0 Å². The van der Waals surface area contributed by atoms with Gasteiger partial charge in [0.15, 0.2) is 5.78 Å². The standard InChI is InChI=1S/C11H11FO2/c1-7-5-3-4-6-9(7)11(14)10(12)8(2)13/h3-6,10H,1-2H3. The van der Waals surface area contributed by atoms with E-state index in [-0.39, 0.29) is 5.56 Å². The van der Waals surface area contributed by atoms with E-state index in [1.54, 1.807) is 25.1 Å². The number of alkyl halides is 1. The van der Waals surface area contributed by atoms with E-state index in [2.05, 4.69) is 0 Å². The third-order valence-corrected chi connectivity index (χ3v) is 2.00. The molecule has 0 bridgehead atoms. The highest BCUT2D eigenvalue weighted by Gasteiger charge is 2.24. The van der Waals surface area contributed by atoms with Gasteiger partial charge in [0.25, 0.3) is 0 Å². The number of ketones is 2. The Morgan fingerprint density at radius 2 is 1.86 bits per heavy atom. The number of Topliss-reactive ketones (excluding diaryl/α,β-unsaturated/α-hetero) is 2. The normalized spacial score (nSPS) is 12.2. The minimum atomic E-state index is -2.03. The number of carbonyl (C=O) groups excluding carboxylic acids is 2. The van der Waals surface area contributed by atoms with Gasteiger partial charge in [-0.3, -0.25) is 9.59 Å². The SMILES string of the molecule is CC(=O)C(F)C(=O)c1ccccc1C. The molecule has 1 aromatic rings. The van der Waals surface area contributed by atoms with Gasteiger partial charge in [0.1, 0.15) is 0 Å². The molecule has 14 heavy (non-hydrogen) atoms. The Hall–Kier alpha value is -1.51. The zero-order valence-electron chi connectivity index (χ0n) is 8.08. The maximum atomic E-state index is 13.1. The van der Waals surface area contributed by atoms with Crippen LogP contribution in [0.2, 0.25) is 0 Å². The van der Waals surface area contributed by atoms with Gasteiger partial charge in [-0.2, -0.15) is 0 Å². The summed E-state index contributed by atoms with van der Waals surface area (Å²) < 4.78 is 13.1. The monoisotopic (exact) mass is 194 g/mol. The van der Waals surface area contributed by atoms with Crippen LogP contribution in [0.15, 0.2) is 24.3 Å². The second kappa shape index (κ2) is 4.13. The van der Waals surface area contributed by atoms with E-state index in [1.165, 1.54) is 6.07 Å². The van der Waals surface area contributed by atoms with Crippen molar-refractivity contribution in [1.82, 2.24) is 0 Å². The van der Waals surface area contributed by atoms with Crippen LogP contribution in [0, 0.1) is 6.92 Å². The summed E-state index contributed by atoms with van der Waals surface area (Å²) in [5.74, 6) is -1.51. The number of benzene rings is 1. The Balaban J connectivity index is 3.01. The fourth-order valence-electron chi connectivity index (χ4n) is 1.17. The molecule has 0 amide bonds. The van der Waals surface area contributed by atoms with Crippen LogP contribution < -0.4 is 0 Å². The van der Waals surface area contributed by atoms with Crippen molar-refractivity contribution < 1.29 is 14.0 Å². The van der Waals surface area contributed by atoms with Gasteiger partial charge in [-0.25, -0.2) is 4.39 Å². The van der Waals surface area contributed by atoms with E-state index in [0.717, 1.165) is 6.92 Å². The Bertz CT molecular complexity index is 371. The minimum Gasteiger partial charge on any atom is -0.296 e. The van der Waals surface area contributed by atoms with E-state index in [1.807, 2.05) is 0 Å². The van der Waals surface area contributed by atoms with Gasteiger partial charge >= 0.3 is 0 Å². The second-order valence-corrected chi connectivity index (χ2v) is 3.15. The molecule has 1 rings (SSSR count). The first kappa shape index (κ1) is 10.6. The summed E-state index contributed by atoms with van der Waals surface area (Å²) in [7, 11) is 0. The van der Waals surface area contributed by atoms with Gasteiger partial charge in [0.05, 0.1) is 0 Å². The molecule has 0 spiro atoms. The first-order valence-electron chi connectivity index (χ1n) is 4.28. The molecule has 0 fully saturated rings. The summed E-state index contributed by atoms with van der Waals surface area (Å²) in [5.41, 5.74) is 0.955. The van der Waals surface area contributed by atoms with Crippen LogP contribution in [0.25, 0.3) is 0 Å². The number of hydrogen-bond acceptors (Lipinski definition) is 2. The molecule has 0 aliphatic heterocycles. The second-order valence-electron chi connectivity index (χ2n) is 3.15. The van der Waals surface area contributed by atoms with Crippen molar-refractivity contribution in [3.05, 3.63) is 35.4 Å². The Morgan fingerprint density at radius 3 is 2.36 bits per heavy atom. The lowest BCUT2D eigenvalue weighted by Crippen LogP contribution is -2.24. The Morgan fingerprint density at radius 1 is 1.29 bits per heavy atom. The lowest BCUT2D eigenvalue weighted by atomic mass is 10.0. The molecule has 74 valence electrons. The quantitative estimate of drug-likeness (QED) is 0.545. The molecule has 0 N–H and O–H groups in total. The fourth-order valence-corrected chi connectivity index (χ4v) is 1.17. The largest absolute Gasteiger partial charge is 0.296 e. The predicted molar refractivity (Wildman–Crippen MR) is 51.1 cm³/mol. The van der Waals surface area contributed by atoms with Crippen LogP contribution >= 0.6 is 0 Å². The van der Waals surface area contributed by atoms with E-state index in [9.17, 15) is 14.0 Å². The van der Waals surface area contributed by atoms with Crippen molar-refractivity contribution in [2.75, 3.05) is 0 Å². The average molecular weight is 194 g/mol. The third kappa shape index (κ3) is 2.05. The molecule has 0 radical (unpaired) electrons. The van der Waals surface area contributed by atoms with Crippen LogP contribution in [0.3, 0.4) is 0 Å². The molecular formula is C11H11FO2. The number of aryl methyl sites for hydroxylation is 1. The fraction of sp³-hybridized carbons (Fsp3) is 0.273. The molecule has 0 aliphatic carbocycles. The molecule has 0 aromatic heterocycles. The van der Waals surface area contributed by atoms with Crippen LogP contribution in [-0.4, -0.2) is 17.7 Å². The summed E-state index contributed by atoms with van der Waals surface area (Å²) >= 11 is 0. The summed E-state index contributed by atoms with van der Waals surface area (Å²) in [5, 5.41) is 0. The number of hydrogen-bond donors (Lipinski definition) is 0. The summed E-state index contributed by atoms with van der Waals surface area (Å²) in [6.07, 6.45) is -2.03. The number of halogens is 1. The minimum absolute atomic E-state index is 0.273. The van der Waals surface area contributed by atoms with Gasteiger partial charge in [-0.15, -0.1) is 0 Å². The van der Waals surface area contributed by atoms with Crippen LogP contribution in [0.4, 0.5) is 4.39 Å². The van der Waals surface area contributed by atoms with Crippen molar-refractivity contribution in [3.63, 3.8) is 0 Å². The lowest BCUT2D eigenvalue weighted by molar-refractivity contribution is -0.120. The lowest BCUT2D eigenvalue weighted by Gasteiger charge is -2.05. The van der Waals surface area contributed by atoms with Crippen molar-refractivity contribution in [3.8, 4) is 0 Å². The molecule has 0 heterocycles. The average Bonchev–Trinajstić information content (AvgIpc) is 2.16. The molecule has 1 aromatic carbocycles. The molecule has 0 saturated carbocycles. The highest BCUT2D eigenvalue weighted by atomic mass is 19.1. The van der Waals surface area contributed by atoms with E-state index < -0.39 is 17.7 Å². The van der Waals surface area contributed by atoms with Crippen molar-refractivity contribution in [2.24, 2.45) is 0 Å². The summed E-state index contributed by atoms with van der Waals surface area (Å²) in [6, 6.07) is 6.63. The van der Waals surface area contributed by atoms with Crippen LogP contribution in [-0.2, 0) is 4.79 Å². The Kier molecular flexibility index (Phi) is 3.12. The molecule has 1 atom stereocenters. The van der Waals surface area contributed by atoms with Gasteiger partial charge in [-0.1, -0.05) is 24.3 Å². The third-order valence-electron chi connectivity index (χ3n) is 2.00. The maximum Gasteiger partial charge on any atom is 0.220 e.